The van der Waals surface area contributed by atoms with Gasteiger partial charge in [0.15, 0.2) is 0 Å². The van der Waals surface area contributed by atoms with Crippen LogP contribution in [0.3, 0.4) is 0 Å². The third-order valence-corrected chi connectivity index (χ3v) is 5.03. The van der Waals surface area contributed by atoms with E-state index in [2.05, 4.69) is 37.2 Å². The van der Waals surface area contributed by atoms with Gasteiger partial charge in [0.2, 0.25) is 0 Å². The van der Waals surface area contributed by atoms with Gasteiger partial charge < -0.3 is 5.32 Å². The summed E-state index contributed by atoms with van der Waals surface area (Å²) in [5, 5.41) is 3.07. The van der Waals surface area contributed by atoms with Crippen molar-refractivity contribution < 1.29 is 4.79 Å². The second-order valence-electron chi connectivity index (χ2n) is 5.30. The lowest BCUT2D eigenvalue weighted by atomic mass is 9.89. The molecule has 0 saturated heterocycles. The van der Waals surface area contributed by atoms with Crippen molar-refractivity contribution in [2.45, 2.75) is 37.4 Å². The molecular formula is C15H19Br2NO. The van der Waals surface area contributed by atoms with Gasteiger partial charge in [-0.05, 0) is 55.9 Å². The molecule has 1 aromatic rings. The van der Waals surface area contributed by atoms with Gasteiger partial charge in [-0.3, -0.25) is 4.79 Å². The van der Waals surface area contributed by atoms with Gasteiger partial charge in [-0.1, -0.05) is 38.3 Å². The van der Waals surface area contributed by atoms with E-state index in [0.29, 0.717) is 10.7 Å². The molecule has 19 heavy (non-hydrogen) atoms. The molecule has 1 aliphatic rings. The first-order valence-electron chi connectivity index (χ1n) is 6.74. The summed E-state index contributed by atoms with van der Waals surface area (Å²) >= 11 is 7.10. The molecule has 4 heteroatoms. The van der Waals surface area contributed by atoms with Crippen LogP contribution in [0.1, 0.15) is 41.6 Å². The molecule has 0 aromatic heterocycles. The van der Waals surface area contributed by atoms with E-state index in [0.717, 1.165) is 22.1 Å². The van der Waals surface area contributed by atoms with E-state index < -0.39 is 0 Å². The molecule has 0 spiro atoms. The molecule has 1 fully saturated rings. The predicted octanol–water partition coefficient (Wildman–Crippen LogP) is 4.44. The first-order chi connectivity index (χ1) is 9.06. The average Bonchev–Trinajstić information content (AvgIpc) is 2.36. The molecule has 2 rings (SSSR count). The Morgan fingerprint density at radius 2 is 2.21 bits per heavy atom. The highest BCUT2D eigenvalue weighted by Gasteiger charge is 2.20. The molecule has 104 valence electrons. The Bertz CT molecular complexity index is 461. The van der Waals surface area contributed by atoms with E-state index in [-0.39, 0.29) is 5.91 Å². The van der Waals surface area contributed by atoms with Gasteiger partial charge in [0.05, 0.1) is 0 Å². The van der Waals surface area contributed by atoms with Crippen LogP contribution in [0.25, 0.3) is 0 Å². The van der Waals surface area contributed by atoms with Crippen molar-refractivity contribution in [3.05, 3.63) is 33.8 Å². The molecule has 1 amide bonds. The summed E-state index contributed by atoms with van der Waals surface area (Å²) in [6.45, 7) is 2.76. The molecule has 1 aromatic carbocycles. The zero-order valence-corrected chi connectivity index (χ0v) is 14.3. The quantitative estimate of drug-likeness (QED) is 0.762. The number of hydrogen-bond acceptors (Lipinski definition) is 1. The number of amides is 1. The van der Waals surface area contributed by atoms with Crippen LogP contribution in [-0.2, 0) is 0 Å². The Kier molecular flexibility index (Phi) is 5.46. The number of hydrogen-bond donors (Lipinski definition) is 1. The Hall–Kier alpha value is -0.350. The zero-order chi connectivity index (χ0) is 13.8. The molecule has 0 heterocycles. The molecular weight excluding hydrogens is 370 g/mol. The van der Waals surface area contributed by atoms with Gasteiger partial charge in [0.1, 0.15) is 0 Å². The molecule has 2 nitrogen and oxygen atoms in total. The molecule has 1 N–H and O–H groups in total. The maximum atomic E-state index is 12.2. The highest BCUT2D eigenvalue weighted by atomic mass is 79.9. The third kappa shape index (κ3) is 4.32. The van der Waals surface area contributed by atoms with Crippen LogP contribution < -0.4 is 5.32 Å². The van der Waals surface area contributed by atoms with Crippen molar-refractivity contribution in [1.82, 2.24) is 5.32 Å². The second-order valence-corrected chi connectivity index (χ2v) is 7.51. The summed E-state index contributed by atoms with van der Waals surface area (Å²) in [5.74, 6) is 0.652. The molecule has 2 atom stereocenters. The van der Waals surface area contributed by atoms with E-state index in [1.54, 1.807) is 0 Å². The van der Waals surface area contributed by atoms with Crippen molar-refractivity contribution in [2.24, 2.45) is 5.92 Å². The molecule has 0 radical (unpaired) electrons. The number of rotatable bonds is 3. The van der Waals surface area contributed by atoms with Crippen LogP contribution >= 0.6 is 31.9 Å². The molecule has 2 unspecified atom stereocenters. The normalized spacial score (nSPS) is 23.1. The maximum Gasteiger partial charge on any atom is 0.251 e. The minimum absolute atomic E-state index is 0.0432. The standard InChI is InChI=1S/C15H19Br2NO/c1-10-7-13(17)5-6-14(10)15(19)18-9-11-3-2-4-12(16)8-11/h5-7,11-12H,2-4,8-9H2,1H3,(H,18,19). The summed E-state index contributed by atoms with van der Waals surface area (Å²) in [7, 11) is 0. The van der Waals surface area contributed by atoms with E-state index >= 15 is 0 Å². The first-order valence-corrected chi connectivity index (χ1v) is 8.45. The van der Waals surface area contributed by atoms with Crippen LogP contribution in [0, 0.1) is 12.8 Å². The summed E-state index contributed by atoms with van der Waals surface area (Å²) in [5.41, 5.74) is 1.78. The van der Waals surface area contributed by atoms with Crippen LogP contribution in [0.4, 0.5) is 0 Å². The van der Waals surface area contributed by atoms with Crippen LogP contribution in [0.15, 0.2) is 22.7 Å². The van der Waals surface area contributed by atoms with Crippen molar-refractivity contribution in [1.29, 1.82) is 0 Å². The van der Waals surface area contributed by atoms with E-state index in [9.17, 15) is 4.79 Å². The second kappa shape index (κ2) is 6.89. The largest absolute Gasteiger partial charge is 0.352 e. The minimum Gasteiger partial charge on any atom is -0.352 e. The number of nitrogens with one attached hydrogen (secondary N) is 1. The summed E-state index contributed by atoms with van der Waals surface area (Å²) in [6.07, 6.45) is 4.91. The minimum atomic E-state index is 0.0432. The van der Waals surface area contributed by atoms with Crippen LogP contribution in [0.5, 0.6) is 0 Å². The Morgan fingerprint density at radius 1 is 1.42 bits per heavy atom. The molecule has 0 bridgehead atoms. The number of aryl methyl sites for hydroxylation is 1. The van der Waals surface area contributed by atoms with Crippen LogP contribution in [0.2, 0.25) is 0 Å². The number of carbonyl (C=O) groups is 1. The fourth-order valence-corrected chi connectivity index (χ4v) is 3.95. The van der Waals surface area contributed by atoms with Crippen molar-refractivity contribution in [3.63, 3.8) is 0 Å². The average molecular weight is 389 g/mol. The van der Waals surface area contributed by atoms with Gasteiger partial charge in [-0.2, -0.15) is 0 Å². The van der Waals surface area contributed by atoms with Gasteiger partial charge in [-0.15, -0.1) is 0 Å². The lowest BCUT2D eigenvalue weighted by molar-refractivity contribution is 0.0943. The fourth-order valence-electron chi connectivity index (χ4n) is 2.62. The summed E-state index contributed by atoms with van der Waals surface area (Å²) < 4.78 is 1.01. The first kappa shape index (κ1) is 15.0. The van der Waals surface area contributed by atoms with Crippen LogP contribution in [-0.4, -0.2) is 17.3 Å². The highest BCUT2D eigenvalue weighted by Crippen LogP contribution is 2.28. The Labute approximate surface area is 131 Å². The van der Waals surface area contributed by atoms with Crippen molar-refractivity contribution in [3.8, 4) is 0 Å². The topological polar surface area (TPSA) is 29.1 Å². The van der Waals surface area contributed by atoms with Gasteiger partial charge >= 0.3 is 0 Å². The SMILES string of the molecule is Cc1cc(Br)ccc1C(=O)NCC1CCCC(Br)C1. The Morgan fingerprint density at radius 3 is 2.89 bits per heavy atom. The van der Waals surface area contributed by atoms with Gasteiger partial charge in [0, 0.05) is 21.4 Å². The smallest absolute Gasteiger partial charge is 0.251 e. The van der Waals surface area contributed by atoms with Gasteiger partial charge in [0.25, 0.3) is 5.91 Å². The van der Waals surface area contributed by atoms with Gasteiger partial charge in [-0.25, -0.2) is 0 Å². The summed E-state index contributed by atoms with van der Waals surface area (Å²) in [6, 6.07) is 5.77. The van der Waals surface area contributed by atoms with Crippen molar-refractivity contribution >= 4 is 37.8 Å². The van der Waals surface area contributed by atoms with E-state index in [4.69, 9.17) is 0 Å². The third-order valence-electron chi connectivity index (χ3n) is 3.70. The zero-order valence-electron chi connectivity index (χ0n) is 11.1. The predicted molar refractivity (Wildman–Crippen MR) is 85.9 cm³/mol. The Balaban J connectivity index is 1.90. The maximum absolute atomic E-state index is 12.2. The van der Waals surface area contributed by atoms with E-state index in [1.807, 2.05) is 25.1 Å². The number of carbonyl (C=O) groups excluding carboxylic acids is 1. The summed E-state index contributed by atoms with van der Waals surface area (Å²) in [4.78, 5) is 12.8. The fraction of sp³-hybridized carbons (Fsp3) is 0.533. The highest BCUT2D eigenvalue weighted by molar-refractivity contribution is 9.10. The lowest BCUT2D eigenvalue weighted by Gasteiger charge is -2.25. The lowest BCUT2D eigenvalue weighted by Crippen LogP contribution is -2.32. The van der Waals surface area contributed by atoms with E-state index in [1.165, 1.54) is 25.7 Å². The molecule has 1 saturated carbocycles. The number of alkyl halides is 1. The number of benzene rings is 1. The van der Waals surface area contributed by atoms with Crippen molar-refractivity contribution in [2.75, 3.05) is 6.54 Å². The molecule has 1 aliphatic carbocycles. The molecule has 0 aliphatic heterocycles. The number of halogens is 2. The monoisotopic (exact) mass is 387 g/mol.